The highest BCUT2D eigenvalue weighted by Gasteiger charge is 2.38. The monoisotopic (exact) mass is 371 g/mol. The van der Waals surface area contributed by atoms with Crippen LogP contribution in [0.4, 0.5) is 0 Å². The topological polar surface area (TPSA) is 46.6 Å². The Hall–Kier alpha value is -2.18. The van der Waals surface area contributed by atoms with E-state index in [1.54, 1.807) is 13.8 Å². The summed E-state index contributed by atoms with van der Waals surface area (Å²) in [7, 11) is 0. The van der Waals surface area contributed by atoms with E-state index >= 15 is 0 Å². The van der Waals surface area contributed by atoms with E-state index in [2.05, 4.69) is 0 Å². The minimum Gasteiger partial charge on any atom is -0.464 e. The Bertz CT molecular complexity index is 886. The van der Waals surface area contributed by atoms with Crippen LogP contribution in [0, 0.1) is 0 Å². The van der Waals surface area contributed by atoms with Crippen molar-refractivity contribution in [2.24, 2.45) is 0 Å². The van der Waals surface area contributed by atoms with Crippen molar-refractivity contribution in [1.82, 2.24) is 4.90 Å². The lowest BCUT2D eigenvalue weighted by molar-refractivity contribution is -0.149. The molecule has 0 N–H and O–H groups in total. The summed E-state index contributed by atoms with van der Waals surface area (Å²) in [6.45, 7) is 3.63. The van der Waals surface area contributed by atoms with Gasteiger partial charge in [-0.25, -0.2) is 4.79 Å². The second kappa shape index (κ2) is 7.37. The molecule has 25 heavy (non-hydrogen) atoms. The Morgan fingerprint density at radius 1 is 1.28 bits per heavy atom. The summed E-state index contributed by atoms with van der Waals surface area (Å²) in [5.41, 5.74) is 0.947. The van der Waals surface area contributed by atoms with Crippen LogP contribution in [0.3, 0.4) is 0 Å². The second-order valence-electron chi connectivity index (χ2n) is 5.55. The third kappa shape index (κ3) is 3.45. The number of hydrogen-bond acceptors (Lipinski definition) is 5. The lowest BCUT2D eigenvalue weighted by atomic mass is 10.0. The van der Waals surface area contributed by atoms with Crippen LogP contribution < -0.4 is 0 Å². The van der Waals surface area contributed by atoms with Gasteiger partial charge in [0, 0.05) is 0 Å². The molecule has 1 unspecified atom stereocenters. The number of fused-ring (bicyclic) bond motifs is 1. The number of ether oxygens (including phenoxy) is 1. The van der Waals surface area contributed by atoms with Crippen LogP contribution >= 0.6 is 24.0 Å². The quantitative estimate of drug-likeness (QED) is 0.462. The fraction of sp³-hybridized carbons (Fsp3) is 0.211. The van der Waals surface area contributed by atoms with E-state index in [1.165, 1.54) is 16.7 Å². The van der Waals surface area contributed by atoms with Crippen molar-refractivity contribution < 1.29 is 14.3 Å². The molecule has 0 aromatic heterocycles. The first-order valence-corrected chi connectivity index (χ1v) is 9.17. The van der Waals surface area contributed by atoms with Gasteiger partial charge in [-0.15, -0.1) is 0 Å². The van der Waals surface area contributed by atoms with E-state index in [0.717, 1.165) is 16.3 Å². The molecule has 1 saturated heterocycles. The van der Waals surface area contributed by atoms with E-state index in [0.29, 0.717) is 9.23 Å². The van der Waals surface area contributed by atoms with Gasteiger partial charge in [-0.1, -0.05) is 66.4 Å². The van der Waals surface area contributed by atoms with E-state index in [-0.39, 0.29) is 12.5 Å². The molecule has 1 fully saturated rings. The zero-order valence-electron chi connectivity index (χ0n) is 13.9. The third-order valence-corrected chi connectivity index (χ3v) is 5.28. The summed E-state index contributed by atoms with van der Waals surface area (Å²) in [4.78, 5) is 26.5. The zero-order valence-corrected chi connectivity index (χ0v) is 15.5. The van der Waals surface area contributed by atoms with Crippen LogP contribution in [0.15, 0.2) is 47.4 Å². The molecule has 0 bridgehead atoms. The number of carbonyl (C=O) groups is 2. The Morgan fingerprint density at radius 2 is 2.00 bits per heavy atom. The maximum Gasteiger partial charge on any atom is 0.329 e. The van der Waals surface area contributed by atoms with Crippen LogP contribution in [-0.4, -0.2) is 33.7 Å². The van der Waals surface area contributed by atoms with Gasteiger partial charge in [0.2, 0.25) is 0 Å². The number of thiocarbonyl (C=S) groups is 1. The lowest BCUT2D eigenvalue weighted by Gasteiger charge is -2.21. The normalized spacial score (nSPS) is 17.4. The van der Waals surface area contributed by atoms with Crippen molar-refractivity contribution in [2.75, 3.05) is 6.61 Å². The van der Waals surface area contributed by atoms with Crippen LogP contribution in [0.1, 0.15) is 19.4 Å². The van der Waals surface area contributed by atoms with Gasteiger partial charge in [-0.3, -0.25) is 9.69 Å². The molecular weight excluding hydrogens is 354 g/mol. The molecule has 1 amide bonds. The molecule has 4 nitrogen and oxygen atoms in total. The summed E-state index contributed by atoms with van der Waals surface area (Å²) in [5.74, 6) is -0.714. The molecule has 128 valence electrons. The molecule has 3 rings (SSSR count). The number of hydrogen-bond donors (Lipinski definition) is 0. The van der Waals surface area contributed by atoms with Gasteiger partial charge in [0.05, 0.1) is 11.5 Å². The summed E-state index contributed by atoms with van der Waals surface area (Å²) in [6, 6.07) is 13.2. The van der Waals surface area contributed by atoms with Gasteiger partial charge in [-0.05, 0) is 36.3 Å². The highest BCUT2D eigenvalue weighted by molar-refractivity contribution is 8.26. The highest BCUT2D eigenvalue weighted by Crippen LogP contribution is 2.35. The molecular formula is C19H17NO3S2. The van der Waals surface area contributed by atoms with Gasteiger partial charge in [0.1, 0.15) is 10.4 Å². The van der Waals surface area contributed by atoms with Crippen molar-refractivity contribution in [2.45, 2.75) is 19.9 Å². The van der Waals surface area contributed by atoms with Crippen molar-refractivity contribution in [1.29, 1.82) is 0 Å². The molecule has 6 heteroatoms. The maximum atomic E-state index is 12.7. The van der Waals surface area contributed by atoms with Gasteiger partial charge in [0.25, 0.3) is 5.91 Å². The number of benzene rings is 2. The molecule has 1 aliphatic heterocycles. The Balaban J connectivity index is 1.94. The molecule has 1 atom stereocenters. The predicted octanol–water partition coefficient (Wildman–Crippen LogP) is 3.99. The summed E-state index contributed by atoms with van der Waals surface area (Å²) in [6.07, 6.45) is 1.83. The van der Waals surface area contributed by atoms with Crippen LogP contribution in [0.2, 0.25) is 0 Å². The molecule has 2 aromatic carbocycles. The van der Waals surface area contributed by atoms with Crippen LogP contribution in [0.25, 0.3) is 16.8 Å². The number of esters is 1. The smallest absolute Gasteiger partial charge is 0.329 e. The molecule has 1 aliphatic rings. The first kappa shape index (κ1) is 17.6. The Kier molecular flexibility index (Phi) is 5.20. The lowest BCUT2D eigenvalue weighted by Crippen LogP contribution is -2.42. The van der Waals surface area contributed by atoms with Crippen molar-refractivity contribution in [3.05, 3.63) is 52.9 Å². The SMILES string of the molecule is CCOC(=O)C(C)N1C(=O)/C(=C/c2cccc3ccccc23)SC1=S. The zero-order chi connectivity index (χ0) is 18.0. The van der Waals surface area contributed by atoms with Crippen LogP contribution in [0.5, 0.6) is 0 Å². The first-order chi connectivity index (χ1) is 12.0. The largest absolute Gasteiger partial charge is 0.464 e. The van der Waals surface area contributed by atoms with Gasteiger partial charge in [-0.2, -0.15) is 0 Å². The standard InChI is InChI=1S/C19H17NO3S2/c1-3-23-18(22)12(2)20-17(21)16(25-19(20)24)11-14-9-6-8-13-7-4-5-10-15(13)14/h4-12H,3H2,1-2H3/b16-11-. The van der Waals surface area contributed by atoms with Crippen LogP contribution in [-0.2, 0) is 14.3 Å². The molecule has 2 aromatic rings. The average Bonchev–Trinajstić information content (AvgIpc) is 2.88. The fourth-order valence-corrected chi connectivity index (χ4v) is 4.11. The molecule has 0 spiro atoms. The van der Waals surface area contributed by atoms with Gasteiger partial charge < -0.3 is 4.74 Å². The molecule has 1 heterocycles. The maximum absolute atomic E-state index is 12.7. The number of thioether (sulfide) groups is 1. The minimum absolute atomic E-state index is 0.261. The number of rotatable bonds is 4. The number of carbonyl (C=O) groups excluding carboxylic acids is 2. The van der Waals surface area contributed by atoms with E-state index < -0.39 is 12.0 Å². The van der Waals surface area contributed by atoms with E-state index in [1.807, 2.05) is 48.5 Å². The first-order valence-electron chi connectivity index (χ1n) is 7.94. The average molecular weight is 371 g/mol. The van der Waals surface area contributed by atoms with Gasteiger partial charge in [0.15, 0.2) is 0 Å². The number of amides is 1. The predicted molar refractivity (Wildman–Crippen MR) is 105 cm³/mol. The minimum atomic E-state index is -0.731. The number of nitrogens with zero attached hydrogens (tertiary/aromatic N) is 1. The molecule has 0 aliphatic carbocycles. The summed E-state index contributed by atoms with van der Waals surface area (Å²) in [5, 5.41) is 2.17. The van der Waals surface area contributed by atoms with Gasteiger partial charge >= 0.3 is 5.97 Å². The second-order valence-corrected chi connectivity index (χ2v) is 7.22. The fourth-order valence-electron chi connectivity index (χ4n) is 2.70. The third-order valence-electron chi connectivity index (χ3n) is 3.95. The Labute approximate surface area is 155 Å². The summed E-state index contributed by atoms with van der Waals surface area (Å²) >= 11 is 6.52. The van der Waals surface area contributed by atoms with E-state index in [9.17, 15) is 9.59 Å². The molecule has 0 radical (unpaired) electrons. The molecule has 0 saturated carbocycles. The summed E-state index contributed by atoms with van der Waals surface area (Å²) < 4.78 is 5.37. The van der Waals surface area contributed by atoms with E-state index in [4.69, 9.17) is 17.0 Å². The van der Waals surface area contributed by atoms with Crippen molar-refractivity contribution >= 4 is 57.0 Å². The van der Waals surface area contributed by atoms with Crippen molar-refractivity contribution in [3.8, 4) is 0 Å². The Morgan fingerprint density at radius 3 is 2.76 bits per heavy atom. The van der Waals surface area contributed by atoms with Crippen molar-refractivity contribution in [3.63, 3.8) is 0 Å². The highest BCUT2D eigenvalue weighted by atomic mass is 32.2.